The summed E-state index contributed by atoms with van der Waals surface area (Å²) in [6, 6.07) is 17.9. The average molecular weight is 278 g/mol. The van der Waals surface area contributed by atoms with Gasteiger partial charge in [0.05, 0.1) is 16.9 Å². The summed E-state index contributed by atoms with van der Waals surface area (Å²) >= 11 is 0. The van der Waals surface area contributed by atoms with E-state index in [0.717, 1.165) is 28.9 Å². The molecule has 1 aromatic heterocycles. The first-order valence-electron chi connectivity index (χ1n) is 7.14. The largest absolute Gasteiger partial charge is 0.493 e. The predicted molar refractivity (Wildman–Crippen MR) is 84.8 cm³/mol. The molecule has 3 heteroatoms. The molecule has 0 radical (unpaired) electrons. The highest BCUT2D eigenvalue weighted by molar-refractivity contribution is 5.72. The molecule has 21 heavy (non-hydrogen) atoms. The molecule has 0 unspecified atom stereocenters. The number of aryl methyl sites for hydroxylation is 2. The first-order valence-corrected chi connectivity index (χ1v) is 7.14. The number of hydrogen-bond donors (Lipinski definition) is 1. The zero-order chi connectivity index (χ0) is 14.8. The summed E-state index contributed by atoms with van der Waals surface area (Å²) in [6.45, 7) is 4.09. The van der Waals surface area contributed by atoms with Crippen molar-refractivity contribution in [3.63, 3.8) is 0 Å². The van der Waals surface area contributed by atoms with E-state index in [9.17, 15) is 5.11 Å². The molecule has 0 amide bonds. The van der Waals surface area contributed by atoms with Gasteiger partial charge in [0.1, 0.15) is 0 Å². The number of hydrogen-bond acceptors (Lipinski definition) is 2. The molecule has 1 heterocycles. The van der Waals surface area contributed by atoms with Gasteiger partial charge in [0.25, 0.3) is 0 Å². The second-order valence-electron chi connectivity index (χ2n) is 5.11. The minimum Gasteiger partial charge on any atom is -0.493 e. The Balaban J connectivity index is 2.17. The lowest BCUT2D eigenvalue weighted by atomic mass is 10.0. The highest BCUT2D eigenvalue weighted by atomic mass is 16.3. The molecule has 0 aliphatic heterocycles. The summed E-state index contributed by atoms with van der Waals surface area (Å²) in [6.07, 6.45) is 0.774. The quantitative estimate of drug-likeness (QED) is 0.782. The van der Waals surface area contributed by atoms with Gasteiger partial charge in [-0.25, -0.2) is 4.68 Å². The molecule has 1 N–H and O–H groups in total. The normalized spacial score (nSPS) is 10.8. The molecule has 0 atom stereocenters. The van der Waals surface area contributed by atoms with Crippen LogP contribution < -0.4 is 0 Å². The fourth-order valence-electron chi connectivity index (χ4n) is 2.47. The molecule has 106 valence electrons. The predicted octanol–water partition coefficient (Wildman–Crippen LogP) is 4.12. The highest BCUT2D eigenvalue weighted by Crippen LogP contribution is 2.34. The topological polar surface area (TPSA) is 38.0 Å². The lowest BCUT2D eigenvalue weighted by molar-refractivity contribution is 0.435. The molecular formula is C18H18N2O. The molecule has 0 bridgehead atoms. The maximum absolute atomic E-state index is 10.6. The van der Waals surface area contributed by atoms with Gasteiger partial charge in [-0.05, 0) is 31.0 Å². The van der Waals surface area contributed by atoms with E-state index < -0.39 is 0 Å². The molecular weight excluding hydrogens is 260 g/mol. The van der Waals surface area contributed by atoms with E-state index in [2.05, 4.69) is 5.10 Å². The van der Waals surface area contributed by atoms with Crippen molar-refractivity contribution in [1.29, 1.82) is 0 Å². The minimum atomic E-state index is 0.196. The summed E-state index contributed by atoms with van der Waals surface area (Å²) in [5.41, 5.74) is 4.77. The van der Waals surface area contributed by atoms with E-state index in [0.29, 0.717) is 0 Å². The Labute approximate surface area is 124 Å². The van der Waals surface area contributed by atoms with Crippen molar-refractivity contribution in [2.75, 3.05) is 0 Å². The van der Waals surface area contributed by atoms with Crippen LogP contribution in [0.15, 0.2) is 54.6 Å². The standard InChI is InChI=1S/C18H18N2O/c1-3-16-17(14-7-5-4-6-8-14)18(21)20(19-16)15-11-9-13(2)10-12-15/h4-12,21H,3H2,1-2H3. The second-order valence-corrected chi connectivity index (χ2v) is 5.11. The van der Waals surface area contributed by atoms with Gasteiger partial charge in [0.15, 0.2) is 0 Å². The molecule has 2 aromatic carbocycles. The fraction of sp³-hybridized carbons (Fsp3) is 0.167. The van der Waals surface area contributed by atoms with Gasteiger partial charge in [-0.15, -0.1) is 0 Å². The Morgan fingerprint density at radius 3 is 2.29 bits per heavy atom. The van der Waals surface area contributed by atoms with E-state index >= 15 is 0 Å². The molecule has 0 aliphatic carbocycles. The summed E-state index contributed by atoms with van der Waals surface area (Å²) in [5.74, 6) is 0.196. The second kappa shape index (κ2) is 5.44. The molecule has 0 aliphatic rings. The van der Waals surface area contributed by atoms with Crippen molar-refractivity contribution in [3.05, 3.63) is 65.9 Å². The number of benzene rings is 2. The zero-order valence-corrected chi connectivity index (χ0v) is 12.2. The fourth-order valence-corrected chi connectivity index (χ4v) is 2.47. The van der Waals surface area contributed by atoms with Crippen molar-refractivity contribution in [1.82, 2.24) is 9.78 Å². The van der Waals surface area contributed by atoms with Crippen LogP contribution in [0.25, 0.3) is 16.8 Å². The minimum absolute atomic E-state index is 0.196. The van der Waals surface area contributed by atoms with Crippen LogP contribution in [0.2, 0.25) is 0 Å². The number of nitrogens with zero attached hydrogens (tertiary/aromatic N) is 2. The van der Waals surface area contributed by atoms with Crippen LogP contribution in [0, 0.1) is 6.92 Å². The van der Waals surface area contributed by atoms with Gasteiger partial charge in [0.2, 0.25) is 5.88 Å². The molecule has 3 nitrogen and oxygen atoms in total. The zero-order valence-electron chi connectivity index (χ0n) is 12.2. The lowest BCUT2D eigenvalue weighted by Crippen LogP contribution is -1.96. The Kier molecular flexibility index (Phi) is 3.48. The summed E-state index contributed by atoms with van der Waals surface area (Å²) in [5, 5.41) is 15.2. The SMILES string of the molecule is CCc1nn(-c2ccc(C)cc2)c(O)c1-c1ccccc1. The molecule has 0 fully saturated rings. The van der Waals surface area contributed by atoms with Gasteiger partial charge in [-0.3, -0.25) is 0 Å². The number of rotatable bonds is 3. The van der Waals surface area contributed by atoms with E-state index in [4.69, 9.17) is 0 Å². The Hall–Kier alpha value is -2.55. The summed E-state index contributed by atoms with van der Waals surface area (Å²) in [4.78, 5) is 0. The van der Waals surface area contributed by atoms with E-state index in [1.54, 1.807) is 4.68 Å². The molecule has 0 saturated heterocycles. The lowest BCUT2D eigenvalue weighted by Gasteiger charge is -2.04. The van der Waals surface area contributed by atoms with Crippen LogP contribution in [0.4, 0.5) is 0 Å². The summed E-state index contributed by atoms with van der Waals surface area (Å²) < 4.78 is 1.61. The third-order valence-corrected chi connectivity index (χ3v) is 3.61. The average Bonchev–Trinajstić information content (AvgIpc) is 2.86. The van der Waals surface area contributed by atoms with E-state index in [1.807, 2.05) is 68.4 Å². The van der Waals surface area contributed by atoms with Crippen LogP contribution in [-0.4, -0.2) is 14.9 Å². The van der Waals surface area contributed by atoms with Gasteiger partial charge in [-0.1, -0.05) is 55.0 Å². The van der Waals surface area contributed by atoms with Crippen molar-refractivity contribution in [2.24, 2.45) is 0 Å². The molecule has 0 spiro atoms. The van der Waals surface area contributed by atoms with Gasteiger partial charge in [-0.2, -0.15) is 5.10 Å². The van der Waals surface area contributed by atoms with Crippen LogP contribution in [0.3, 0.4) is 0 Å². The van der Waals surface area contributed by atoms with Gasteiger partial charge >= 0.3 is 0 Å². The first kappa shape index (κ1) is 13.4. The molecule has 3 aromatic rings. The first-order chi connectivity index (χ1) is 10.2. The van der Waals surface area contributed by atoms with Gasteiger partial charge < -0.3 is 5.11 Å². The van der Waals surface area contributed by atoms with Crippen molar-refractivity contribution in [2.45, 2.75) is 20.3 Å². The third kappa shape index (κ3) is 2.42. The van der Waals surface area contributed by atoms with Crippen molar-refractivity contribution < 1.29 is 5.11 Å². The van der Waals surface area contributed by atoms with E-state index in [1.165, 1.54) is 5.56 Å². The summed E-state index contributed by atoms with van der Waals surface area (Å²) in [7, 11) is 0. The van der Waals surface area contributed by atoms with Crippen LogP contribution in [0.5, 0.6) is 5.88 Å². The third-order valence-electron chi connectivity index (χ3n) is 3.61. The smallest absolute Gasteiger partial charge is 0.222 e. The maximum Gasteiger partial charge on any atom is 0.222 e. The van der Waals surface area contributed by atoms with Crippen molar-refractivity contribution >= 4 is 0 Å². The van der Waals surface area contributed by atoms with Crippen molar-refractivity contribution in [3.8, 4) is 22.7 Å². The molecule has 0 saturated carbocycles. The Bertz CT molecular complexity index is 743. The molecule has 3 rings (SSSR count). The van der Waals surface area contributed by atoms with Crippen LogP contribution in [-0.2, 0) is 6.42 Å². The number of aromatic nitrogens is 2. The monoisotopic (exact) mass is 278 g/mol. The van der Waals surface area contributed by atoms with Crippen LogP contribution >= 0.6 is 0 Å². The van der Waals surface area contributed by atoms with Gasteiger partial charge in [0, 0.05) is 0 Å². The van der Waals surface area contributed by atoms with Crippen LogP contribution in [0.1, 0.15) is 18.2 Å². The maximum atomic E-state index is 10.6. The Morgan fingerprint density at radius 1 is 1.00 bits per heavy atom. The highest BCUT2D eigenvalue weighted by Gasteiger charge is 2.18. The Morgan fingerprint density at radius 2 is 1.67 bits per heavy atom. The number of aromatic hydroxyl groups is 1. The van der Waals surface area contributed by atoms with E-state index in [-0.39, 0.29) is 5.88 Å².